The summed E-state index contributed by atoms with van der Waals surface area (Å²) in [4.78, 5) is 31.1. The molecule has 0 spiro atoms. The molecule has 23 heavy (non-hydrogen) atoms. The molecule has 3 rings (SSSR count). The van der Waals surface area contributed by atoms with Gasteiger partial charge >= 0.3 is 0 Å². The smallest absolute Gasteiger partial charge is 0.257 e. The number of nitrogens with one attached hydrogen (secondary N) is 1. The minimum atomic E-state index is -0.182. The third-order valence-electron chi connectivity index (χ3n) is 4.20. The largest absolute Gasteiger partial charge is 0.379 e. The molecule has 1 aromatic rings. The van der Waals surface area contributed by atoms with Crippen LogP contribution in [0.1, 0.15) is 5.56 Å². The van der Waals surface area contributed by atoms with E-state index in [2.05, 4.69) is 15.2 Å². The molecule has 7 nitrogen and oxygen atoms in total. The first kappa shape index (κ1) is 16.5. The van der Waals surface area contributed by atoms with Gasteiger partial charge < -0.3 is 10.1 Å². The van der Waals surface area contributed by atoms with Crippen LogP contribution in [0.15, 0.2) is 16.1 Å². The lowest BCUT2D eigenvalue weighted by molar-refractivity contribution is -0.124. The van der Waals surface area contributed by atoms with Gasteiger partial charge in [-0.15, -0.1) is 0 Å². The van der Waals surface area contributed by atoms with Gasteiger partial charge in [0, 0.05) is 50.2 Å². The van der Waals surface area contributed by atoms with Gasteiger partial charge in [0.25, 0.3) is 5.56 Å². The Hall–Kier alpha value is -1.38. The monoisotopic (exact) mass is 338 g/mol. The van der Waals surface area contributed by atoms with E-state index < -0.39 is 0 Å². The van der Waals surface area contributed by atoms with Crippen LogP contribution in [0.5, 0.6) is 0 Å². The van der Waals surface area contributed by atoms with Gasteiger partial charge in [0.2, 0.25) is 5.91 Å². The van der Waals surface area contributed by atoms with E-state index in [0.717, 1.165) is 32.8 Å². The Morgan fingerprint density at radius 3 is 3.04 bits per heavy atom. The van der Waals surface area contributed by atoms with E-state index in [4.69, 9.17) is 4.74 Å². The van der Waals surface area contributed by atoms with Crippen LogP contribution in [0.25, 0.3) is 0 Å². The van der Waals surface area contributed by atoms with Gasteiger partial charge in [-0.2, -0.15) is 0 Å². The molecule has 1 aromatic heterocycles. The molecular formula is C15H22N4O3S. The number of carbonyl (C=O) groups excluding carboxylic acids is 1. The van der Waals surface area contributed by atoms with E-state index in [1.54, 1.807) is 17.7 Å². The van der Waals surface area contributed by atoms with Crippen LogP contribution < -0.4 is 10.9 Å². The summed E-state index contributed by atoms with van der Waals surface area (Å²) in [6, 6.07) is 0. The molecule has 1 unspecified atom stereocenters. The van der Waals surface area contributed by atoms with E-state index >= 15 is 0 Å². The van der Waals surface area contributed by atoms with E-state index in [0.29, 0.717) is 29.6 Å². The molecule has 126 valence electrons. The molecule has 1 fully saturated rings. The molecule has 0 bridgehead atoms. The van der Waals surface area contributed by atoms with Gasteiger partial charge in [0.05, 0.1) is 19.1 Å². The summed E-state index contributed by atoms with van der Waals surface area (Å²) >= 11 is 1.47. The minimum absolute atomic E-state index is 0.0183. The third-order valence-corrected chi connectivity index (χ3v) is 5.35. The third kappa shape index (κ3) is 3.94. The Labute approximate surface area is 139 Å². The molecule has 0 radical (unpaired) electrons. The van der Waals surface area contributed by atoms with E-state index in [1.165, 1.54) is 11.8 Å². The molecule has 0 saturated carbocycles. The number of ether oxygens (including phenoxy) is 1. The summed E-state index contributed by atoms with van der Waals surface area (Å²) in [5.74, 6) is 0.502. The average Bonchev–Trinajstić information content (AvgIpc) is 2.59. The standard InChI is InChI=1S/C15H22N4O3S/c1-11-8-17-15-19(14(11)21)9-12(10-23-15)13(20)16-2-3-18-4-6-22-7-5-18/h8,12H,2-7,9-10H2,1H3,(H,16,20). The zero-order valence-electron chi connectivity index (χ0n) is 13.3. The first-order valence-corrected chi connectivity index (χ1v) is 8.91. The van der Waals surface area contributed by atoms with Crippen molar-refractivity contribution >= 4 is 17.7 Å². The summed E-state index contributed by atoms with van der Waals surface area (Å²) in [5, 5.41) is 3.70. The Morgan fingerprint density at radius 1 is 1.48 bits per heavy atom. The van der Waals surface area contributed by atoms with Crippen LogP contribution in [-0.2, 0) is 16.1 Å². The van der Waals surface area contributed by atoms with Crippen molar-refractivity contribution in [2.75, 3.05) is 45.1 Å². The highest BCUT2D eigenvalue weighted by Gasteiger charge is 2.26. The molecular weight excluding hydrogens is 316 g/mol. The number of thioether (sulfide) groups is 1. The average molecular weight is 338 g/mol. The number of aryl methyl sites for hydroxylation is 1. The summed E-state index contributed by atoms with van der Waals surface area (Å²) in [6.45, 7) is 7.00. The number of hydrogen-bond donors (Lipinski definition) is 1. The lowest BCUT2D eigenvalue weighted by atomic mass is 10.1. The lowest BCUT2D eigenvalue weighted by Gasteiger charge is -2.27. The molecule has 8 heteroatoms. The van der Waals surface area contributed by atoms with E-state index in [-0.39, 0.29) is 17.4 Å². The minimum Gasteiger partial charge on any atom is -0.379 e. The van der Waals surface area contributed by atoms with Crippen molar-refractivity contribution in [1.82, 2.24) is 19.8 Å². The quantitative estimate of drug-likeness (QED) is 0.761. The fourth-order valence-corrected chi connectivity index (χ4v) is 3.81. The fraction of sp³-hybridized carbons (Fsp3) is 0.667. The molecule has 2 aliphatic rings. The Balaban J connectivity index is 1.52. The zero-order valence-corrected chi connectivity index (χ0v) is 14.1. The van der Waals surface area contributed by atoms with Crippen molar-refractivity contribution in [3.63, 3.8) is 0 Å². The maximum absolute atomic E-state index is 12.3. The number of hydrogen-bond acceptors (Lipinski definition) is 6. The lowest BCUT2D eigenvalue weighted by Crippen LogP contribution is -2.44. The first-order valence-electron chi connectivity index (χ1n) is 7.92. The van der Waals surface area contributed by atoms with Gasteiger partial charge in [-0.3, -0.25) is 19.1 Å². The van der Waals surface area contributed by atoms with Crippen molar-refractivity contribution in [3.05, 3.63) is 22.1 Å². The van der Waals surface area contributed by atoms with Gasteiger partial charge in [0.1, 0.15) is 0 Å². The van der Waals surface area contributed by atoms with Gasteiger partial charge in [-0.1, -0.05) is 11.8 Å². The number of fused-ring (bicyclic) bond motifs is 1. The summed E-state index contributed by atoms with van der Waals surface area (Å²) in [7, 11) is 0. The highest BCUT2D eigenvalue weighted by molar-refractivity contribution is 7.99. The Kier molecular flexibility index (Phi) is 5.34. The van der Waals surface area contributed by atoms with Crippen LogP contribution in [0.4, 0.5) is 0 Å². The number of aromatic nitrogens is 2. The second-order valence-corrected chi connectivity index (χ2v) is 6.88. The van der Waals surface area contributed by atoms with Crippen LogP contribution >= 0.6 is 11.8 Å². The summed E-state index contributed by atoms with van der Waals surface area (Å²) < 4.78 is 6.93. The van der Waals surface area contributed by atoms with Gasteiger partial charge in [-0.05, 0) is 6.92 Å². The molecule has 0 aliphatic carbocycles. The first-order chi connectivity index (χ1) is 11.1. The number of nitrogens with zero attached hydrogens (tertiary/aromatic N) is 3. The molecule has 1 saturated heterocycles. The molecule has 1 amide bonds. The Morgan fingerprint density at radius 2 is 2.26 bits per heavy atom. The van der Waals surface area contributed by atoms with Gasteiger partial charge in [-0.25, -0.2) is 4.98 Å². The van der Waals surface area contributed by atoms with Crippen LogP contribution in [0, 0.1) is 12.8 Å². The highest BCUT2D eigenvalue weighted by atomic mass is 32.2. The normalized spacial score (nSPS) is 21.7. The van der Waals surface area contributed by atoms with Crippen molar-refractivity contribution in [3.8, 4) is 0 Å². The molecule has 2 aliphatic heterocycles. The fourth-order valence-electron chi connectivity index (χ4n) is 2.77. The maximum Gasteiger partial charge on any atom is 0.257 e. The van der Waals surface area contributed by atoms with E-state index in [9.17, 15) is 9.59 Å². The van der Waals surface area contributed by atoms with Crippen LogP contribution in [0.2, 0.25) is 0 Å². The topological polar surface area (TPSA) is 76.5 Å². The molecule has 3 heterocycles. The number of rotatable bonds is 4. The number of carbonyl (C=O) groups is 1. The predicted octanol–water partition coefficient (Wildman–Crippen LogP) is -0.278. The molecule has 1 N–H and O–H groups in total. The van der Waals surface area contributed by atoms with Crippen molar-refractivity contribution in [2.24, 2.45) is 5.92 Å². The molecule has 1 atom stereocenters. The number of morpholine rings is 1. The van der Waals surface area contributed by atoms with Crippen LogP contribution in [0.3, 0.4) is 0 Å². The second-order valence-electron chi connectivity index (χ2n) is 5.89. The van der Waals surface area contributed by atoms with Crippen molar-refractivity contribution < 1.29 is 9.53 Å². The van der Waals surface area contributed by atoms with Crippen molar-refractivity contribution in [1.29, 1.82) is 0 Å². The second kappa shape index (κ2) is 7.46. The zero-order chi connectivity index (χ0) is 16.2. The highest BCUT2D eigenvalue weighted by Crippen LogP contribution is 2.24. The Bertz CT molecular complexity index is 628. The number of amides is 1. The van der Waals surface area contributed by atoms with Crippen molar-refractivity contribution in [2.45, 2.75) is 18.6 Å². The summed E-state index contributed by atoms with van der Waals surface area (Å²) in [5.41, 5.74) is 0.566. The van der Waals surface area contributed by atoms with E-state index in [1.807, 2.05) is 0 Å². The molecule has 0 aromatic carbocycles. The SMILES string of the molecule is Cc1cnc2n(c1=O)CC(C(=O)NCCN1CCOCC1)CS2. The van der Waals surface area contributed by atoms with Crippen LogP contribution in [-0.4, -0.2) is 65.5 Å². The predicted molar refractivity (Wildman–Crippen MR) is 87.7 cm³/mol. The van der Waals surface area contributed by atoms with Gasteiger partial charge in [0.15, 0.2) is 5.16 Å². The maximum atomic E-state index is 12.3. The summed E-state index contributed by atoms with van der Waals surface area (Å²) in [6.07, 6.45) is 1.60.